The molecule has 2 saturated carbocycles. The largest absolute Gasteiger partial charge is 0.336 e. The van der Waals surface area contributed by atoms with Crippen LogP contribution in [-0.4, -0.2) is 54.1 Å². The number of aromatic amines is 1. The lowest BCUT2D eigenvalue weighted by Gasteiger charge is -2.16. The zero-order valence-electron chi connectivity index (χ0n) is 14.4. The number of likely N-dealkylation sites (tertiary alicyclic amines) is 1. The molecule has 2 aliphatic carbocycles. The van der Waals surface area contributed by atoms with E-state index in [1.807, 2.05) is 11.8 Å². The van der Waals surface area contributed by atoms with Gasteiger partial charge in [-0.05, 0) is 44.4 Å². The zero-order chi connectivity index (χ0) is 17.0. The number of aryl methyl sites for hydroxylation is 1. The van der Waals surface area contributed by atoms with Gasteiger partial charge in [0, 0.05) is 31.5 Å². The second-order valence-electron chi connectivity index (χ2n) is 7.61. The Morgan fingerprint density at radius 3 is 2.84 bits per heavy atom. The Morgan fingerprint density at radius 2 is 2.12 bits per heavy atom. The first-order valence-corrected chi connectivity index (χ1v) is 9.34. The summed E-state index contributed by atoms with van der Waals surface area (Å²) in [5, 5.41) is 15.5. The normalized spacial score (nSPS) is 26.4. The summed E-state index contributed by atoms with van der Waals surface area (Å²) >= 11 is 0. The molecule has 25 heavy (non-hydrogen) atoms. The molecular weight excluding hydrogens is 318 g/mol. The summed E-state index contributed by atoms with van der Waals surface area (Å²) < 4.78 is 1.67. The Kier molecular flexibility index (Phi) is 3.39. The third kappa shape index (κ3) is 2.63. The lowest BCUT2D eigenvalue weighted by molar-refractivity contribution is 0.0772. The van der Waals surface area contributed by atoms with Gasteiger partial charge >= 0.3 is 0 Å². The van der Waals surface area contributed by atoms with E-state index in [0.717, 1.165) is 18.2 Å². The summed E-state index contributed by atoms with van der Waals surface area (Å²) in [5.74, 6) is 3.97. The maximum atomic E-state index is 13.0. The van der Waals surface area contributed by atoms with Crippen molar-refractivity contribution < 1.29 is 4.79 Å². The highest BCUT2D eigenvalue weighted by molar-refractivity contribution is 5.92. The summed E-state index contributed by atoms with van der Waals surface area (Å²) in [7, 11) is 0. The van der Waals surface area contributed by atoms with Gasteiger partial charge in [-0.2, -0.15) is 5.10 Å². The predicted octanol–water partition coefficient (Wildman–Crippen LogP) is 1.56. The molecular formula is C17H23N7O. The van der Waals surface area contributed by atoms with Gasteiger partial charge in [0.1, 0.15) is 11.5 Å². The Bertz CT molecular complexity index is 789. The number of hydrogen-bond acceptors (Lipinski definition) is 5. The molecule has 8 nitrogen and oxygen atoms in total. The highest BCUT2D eigenvalue weighted by atomic mass is 16.2. The highest BCUT2D eigenvalue weighted by Gasteiger charge is 2.46. The van der Waals surface area contributed by atoms with Crippen LogP contribution >= 0.6 is 0 Å². The van der Waals surface area contributed by atoms with Crippen LogP contribution < -0.4 is 0 Å². The molecule has 3 heterocycles. The number of nitrogens with one attached hydrogen (secondary N) is 1. The summed E-state index contributed by atoms with van der Waals surface area (Å²) in [5.41, 5.74) is 0.578. The molecule has 1 aliphatic heterocycles. The quantitative estimate of drug-likeness (QED) is 0.891. The number of amides is 1. The fraction of sp³-hybridized carbons (Fsp3) is 0.706. The van der Waals surface area contributed by atoms with Crippen molar-refractivity contribution in [1.29, 1.82) is 0 Å². The van der Waals surface area contributed by atoms with E-state index in [2.05, 4.69) is 20.5 Å². The second-order valence-corrected chi connectivity index (χ2v) is 7.61. The van der Waals surface area contributed by atoms with Crippen LogP contribution in [0.2, 0.25) is 0 Å². The van der Waals surface area contributed by atoms with Crippen molar-refractivity contribution in [1.82, 2.24) is 35.1 Å². The minimum absolute atomic E-state index is 0.0296. The molecule has 0 unspecified atom stereocenters. The van der Waals surface area contributed by atoms with Gasteiger partial charge in [0.05, 0.1) is 6.20 Å². The van der Waals surface area contributed by atoms with Gasteiger partial charge in [0.25, 0.3) is 5.91 Å². The molecule has 8 heteroatoms. The lowest BCUT2D eigenvalue weighted by Crippen LogP contribution is -2.31. The van der Waals surface area contributed by atoms with Gasteiger partial charge in [-0.25, -0.2) is 9.67 Å². The summed E-state index contributed by atoms with van der Waals surface area (Å²) in [6, 6.07) is 0. The van der Waals surface area contributed by atoms with Gasteiger partial charge in [-0.15, -0.1) is 5.10 Å². The van der Waals surface area contributed by atoms with Crippen LogP contribution in [0.3, 0.4) is 0 Å². The molecule has 0 bridgehead atoms. The number of nitrogens with zero attached hydrogens (tertiary/aromatic N) is 6. The molecule has 132 valence electrons. The molecule has 2 atom stereocenters. The van der Waals surface area contributed by atoms with Crippen molar-refractivity contribution in [3.05, 3.63) is 23.5 Å². The summed E-state index contributed by atoms with van der Waals surface area (Å²) in [6.45, 7) is 4.12. The van der Waals surface area contributed by atoms with Crippen molar-refractivity contribution in [2.75, 3.05) is 13.1 Å². The number of hydrogen-bond donors (Lipinski definition) is 1. The van der Waals surface area contributed by atoms with Gasteiger partial charge < -0.3 is 4.90 Å². The van der Waals surface area contributed by atoms with Crippen LogP contribution in [0.4, 0.5) is 0 Å². The van der Waals surface area contributed by atoms with E-state index in [-0.39, 0.29) is 11.8 Å². The predicted molar refractivity (Wildman–Crippen MR) is 88.9 cm³/mol. The topological polar surface area (TPSA) is 92.6 Å². The molecule has 1 saturated heterocycles. The van der Waals surface area contributed by atoms with E-state index < -0.39 is 0 Å². The summed E-state index contributed by atoms with van der Waals surface area (Å²) in [4.78, 5) is 19.7. The first-order chi connectivity index (χ1) is 12.2. The Labute approximate surface area is 146 Å². The van der Waals surface area contributed by atoms with E-state index in [9.17, 15) is 4.79 Å². The fourth-order valence-electron chi connectivity index (χ4n) is 4.08. The standard InChI is InChI=1S/C17H23N7O/c1-2-24-14(7-18-22-24)17(25)23-8-12(10-3-4-10)13(9-23)16-19-15(20-21-16)11-5-6-11/h7,10-13H,2-6,8-9H2,1H3,(H,19,20,21)/t12-,13+/m1/s1. The molecule has 1 amide bonds. The van der Waals surface area contributed by atoms with E-state index in [4.69, 9.17) is 4.98 Å². The van der Waals surface area contributed by atoms with E-state index in [0.29, 0.717) is 36.5 Å². The molecule has 0 radical (unpaired) electrons. The zero-order valence-corrected chi connectivity index (χ0v) is 14.4. The first-order valence-electron chi connectivity index (χ1n) is 9.34. The SMILES string of the molecule is CCn1nncc1C(=O)N1C[C@H](c2nc(C3CC3)n[nH]2)[C@@H](C2CC2)C1. The van der Waals surface area contributed by atoms with Crippen LogP contribution in [0.25, 0.3) is 0 Å². The van der Waals surface area contributed by atoms with Crippen molar-refractivity contribution in [2.45, 2.75) is 51.0 Å². The minimum atomic E-state index is 0.0296. The second kappa shape index (κ2) is 5.64. The van der Waals surface area contributed by atoms with Crippen LogP contribution in [0.15, 0.2) is 6.20 Å². The Morgan fingerprint density at radius 1 is 1.28 bits per heavy atom. The Balaban J connectivity index is 1.39. The third-order valence-corrected chi connectivity index (χ3v) is 5.83. The third-order valence-electron chi connectivity index (χ3n) is 5.83. The molecule has 3 fully saturated rings. The van der Waals surface area contributed by atoms with Crippen molar-refractivity contribution in [3.8, 4) is 0 Å². The fourth-order valence-corrected chi connectivity index (χ4v) is 4.08. The first kappa shape index (κ1) is 15.0. The maximum Gasteiger partial charge on any atom is 0.273 e. The average Bonchev–Trinajstić information content (AvgIpc) is 3.51. The van der Waals surface area contributed by atoms with Crippen molar-refractivity contribution >= 4 is 5.91 Å². The molecule has 0 spiro atoms. The molecule has 0 aromatic carbocycles. The van der Waals surface area contributed by atoms with Gasteiger partial charge in [-0.1, -0.05) is 5.21 Å². The number of aromatic nitrogens is 6. The molecule has 3 aliphatic rings. The van der Waals surface area contributed by atoms with Gasteiger partial charge in [0.2, 0.25) is 0 Å². The maximum absolute atomic E-state index is 13.0. The number of carbonyl (C=O) groups excluding carboxylic acids is 1. The van der Waals surface area contributed by atoms with Crippen molar-refractivity contribution in [3.63, 3.8) is 0 Å². The van der Waals surface area contributed by atoms with Gasteiger partial charge in [0.15, 0.2) is 5.82 Å². The van der Waals surface area contributed by atoms with Crippen molar-refractivity contribution in [2.24, 2.45) is 11.8 Å². The number of H-pyrrole nitrogens is 1. The van der Waals surface area contributed by atoms with Gasteiger partial charge in [-0.3, -0.25) is 9.89 Å². The minimum Gasteiger partial charge on any atom is -0.336 e. The summed E-state index contributed by atoms with van der Waals surface area (Å²) in [6.07, 6.45) is 6.51. The lowest BCUT2D eigenvalue weighted by atomic mass is 9.91. The molecule has 1 N–H and O–H groups in total. The monoisotopic (exact) mass is 341 g/mol. The van der Waals surface area contributed by atoms with Crippen LogP contribution in [0, 0.1) is 11.8 Å². The molecule has 2 aromatic rings. The number of rotatable bonds is 5. The molecule has 2 aromatic heterocycles. The van der Waals surface area contributed by atoms with E-state index in [1.165, 1.54) is 25.7 Å². The van der Waals surface area contributed by atoms with Crippen LogP contribution in [0.5, 0.6) is 0 Å². The van der Waals surface area contributed by atoms with E-state index >= 15 is 0 Å². The number of carbonyl (C=O) groups is 1. The average molecular weight is 341 g/mol. The van der Waals surface area contributed by atoms with Crippen LogP contribution in [-0.2, 0) is 6.54 Å². The Hall–Kier alpha value is -2.25. The van der Waals surface area contributed by atoms with Crippen LogP contribution in [0.1, 0.15) is 66.6 Å². The smallest absolute Gasteiger partial charge is 0.273 e. The molecule has 5 rings (SSSR count). The highest BCUT2D eigenvalue weighted by Crippen LogP contribution is 2.47. The van der Waals surface area contributed by atoms with E-state index in [1.54, 1.807) is 10.9 Å².